The van der Waals surface area contributed by atoms with E-state index in [2.05, 4.69) is 15.3 Å². The molecule has 0 aromatic carbocycles. The van der Waals surface area contributed by atoms with Crippen LogP contribution in [0, 0.1) is 0 Å². The summed E-state index contributed by atoms with van der Waals surface area (Å²) in [6, 6.07) is 0.129. The molecule has 1 aromatic heterocycles. The zero-order valence-electron chi connectivity index (χ0n) is 12.5. The summed E-state index contributed by atoms with van der Waals surface area (Å²) >= 11 is 0. The Morgan fingerprint density at radius 3 is 2.85 bits per heavy atom. The highest BCUT2D eigenvalue weighted by Gasteiger charge is 2.27. The number of hydrogen-bond acceptors (Lipinski definition) is 5. The number of ether oxygens (including phenoxy) is 1. The fourth-order valence-electron chi connectivity index (χ4n) is 2.18. The number of carbonyl (C=O) groups is 1. The van der Waals surface area contributed by atoms with Gasteiger partial charge in [0, 0.05) is 26.6 Å². The minimum atomic E-state index is -0.0887. The van der Waals surface area contributed by atoms with Gasteiger partial charge in [0.05, 0.1) is 24.5 Å². The maximum atomic E-state index is 12.6. The Hall–Kier alpha value is -1.69. The fourth-order valence-corrected chi connectivity index (χ4v) is 2.18. The van der Waals surface area contributed by atoms with Gasteiger partial charge in [0.2, 0.25) is 0 Å². The van der Waals surface area contributed by atoms with Crippen molar-refractivity contribution < 1.29 is 9.53 Å². The maximum Gasteiger partial charge on any atom is 0.274 e. The normalized spacial score (nSPS) is 18.4. The number of aromatic nitrogens is 2. The van der Waals surface area contributed by atoms with Gasteiger partial charge >= 0.3 is 0 Å². The lowest BCUT2D eigenvalue weighted by Crippen LogP contribution is -2.38. The van der Waals surface area contributed by atoms with Crippen LogP contribution in [0.15, 0.2) is 6.20 Å². The summed E-state index contributed by atoms with van der Waals surface area (Å²) in [5.74, 6) is 0.783. The Morgan fingerprint density at radius 1 is 1.55 bits per heavy atom. The Balaban J connectivity index is 2.29. The van der Waals surface area contributed by atoms with Crippen LogP contribution in [0.25, 0.3) is 0 Å². The van der Waals surface area contributed by atoms with E-state index in [9.17, 15) is 4.79 Å². The predicted octanol–water partition coefficient (Wildman–Crippen LogP) is 1.50. The fraction of sp³-hybridized carbons (Fsp3) is 0.643. The van der Waals surface area contributed by atoms with E-state index >= 15 is 0 Å². The van der Waals surface area contributed by atoms with Crippen molar-refractivity contribution in [2.24, 2.45) is 0 Å². The van der Waals surface area contributed by atoms with Gasteiger partial charge < -0.3 is 15.0 Å². The number of hydrogen-bond donors (Lipinski definition) is 1. The number of amides is 1. The van der Waals surface area contributed by atoms with Crippen LogP contribution >= 0.6 is 0 Å². The topological polar surface area (TPSA) is 67.4 Å². The van der Waals surface area contributed by atoms with Gasteiger partial charge in [0.25, 0.3) is 5.91 Å². The summed E-state index contributed by atoms with van der Waals surface area (Å²) in [4.78, 5) is 23.1. The molecule has 2 rings (SSSR count). The van der Waals surface area contributed by atoms with Crippen LogP contribution < -0.4 is 5.32 Å². The highest BCUT2D eigenvalue weighted by molar-refractivity contribution is 5.97. The first-order chi connectivity index (χ1) is 9.54. The highest BCUT2D eigenvalue weighted by Crippen LogP contribution is 2.20. The van der Waals surface area contributed by atoms with Gasteiger partial charge in [0.1, 0.15) is 5.82 Å². The molecule has 20 heavy (non-hydrogen) atoms. The Bertz CT molecular complexity index is 484. The summed E-state index contributed by atoms with van der Waals surface area (Å²) in [5.41, 5.74) is 1.09. The molecule has 1 aliphatic rings. The Morgan fingerprint density at radius 2 is 2.30 bits per heavy atom. The lowest BCUT2D eigenvalue weighted by Gasteiger charge is -2.24. The summed E-state index contributed by atoms with van der Waals surface area (Å²) in [5, 5.41) is 2.98. The number of anilines is 1. The molecule has 1 saturated heterocycles. The monoisotopic (exact) mass is 278 g/mol. The maximum absolute atomic E-state index is 12.6. The standard InChI is InChI=1S/C14H22N4O2/c1-9(2)13-16-7-11(15-3)12(17-13)14(19)18(4)10-5-6-20-8-10/h7,9-10,15H,5-6,8H2,1-4H3. The summed E-state index contributed by atoms with van der Waals surface area (Å²) in [7, 11) is 3.57. The van der Waals surface area contributed by atoms with Crippen LogP contribution in [0.1, 0.15) is 42.5 Å². The van der Waals surface area contributed by atoms with Crippen LogP contribution in [0.4, 0.5) is 5.69 Å². The predicted molar refractivity (Wildman–Crippen MR) is 77.0 cm³/mol. The van der Waals surface area contributed by atoms with Gasteiger partial charge in [0.15, 0.2) is 5.69 Å². The number of carbonyl (C=O) groups excluding carboxylic acids is 1. The van der Waals surface area contributed by atoms with Crippen LogP contribution in [0.2, 0.25) is 0 Å². The molecule has 1 amide bonds. The van der Waals surface area contributed by atoms with Gasteiger partial charge in [-0.2, -0.15) is 0 Å². The molecule has 0 aliphatic carbocycles. The van der Waals surface area contributed by atoms with Gasteiger partial charge in [-0.3, -0.25) is 4.79 Å². The Labute approximate surface area is 119 Å². The summed E-state index contributed by atoms with van der Waals surface area (Å²) < 4.78 is 5.34. The molecule has 6 heteroatoms. The van der Waals surface area contributed by atoms with Crippen LogP contribution in [0.5, 0.6) is 0 Å². The second-order valence-electron chi connectivity index (χ2n) is 5.33. The SMILES string of the molecule is CNc1cnc(C(C)C)nc1C(=O)N(C)C1CCOC1. The van der Waals surface area contributed by atoms with E-state index in [1.165, 1.54) is 0 Å². The highest BCUT2D eigenvalue weighted by atomic mass is 16.5. The number of nitrogens with one attached hydrogen (secondary N) is 1. The van der Waals surface area contributed by atoms with Crippen LogP contribution in [-0.2, 0) is 4.74 Å². The first-order valence-corrected chi connectivity index (χ1v) is 6.94. The van der Waals surface area contributed by atoms with Gasteiger partial charge in [-0.25, -0.2) is 9.97 Å². The van der Waals surface area contributed by atoms with E-state index in [-0.39, 0.29) is 17.9 Å². The third kappa shape index (κ3) is 2.90. The molecule has 1 aliphatic heterocycles. The zero-order valence-corrected chi connectivity index (χ0v) is 12.5. The molecule has 1 N–H and O–H groups in total. The Kier molecular flexibility index (Phi) is 4.54. The molecule has 6 nitrogen and oxygen atoms in total. The van der Waals surface area contributed by atoms with Crippen molar-refractivity contribution in [3.63, 3.8) is 0 Å². The van der Waals surface area contributed by atoms with Crippen molar-refractivity contribution in [1.29, 1.82) is 0 Å². The molecule has 1 unspecified atom stereocenters. The third-order valence-electron chi connectivity index (χ3n) is 3.57. The quantitative estimate of drug-likeness (QED) is 0.904. The van der Waals surface area contributed by atoms with Crippen LogP contribution in [0.3, 0.4) is 0 Å². The first kappa shape index (κ1) is 14.7. The van der Waals surface area contributed by atoms with E-state index in [1.807, 2.05) is 13.8 Å². The van der Waals surface area contributed by atoms with Crippen molar-refractivity contribution in [2.75, 3.05) is 32.6 Å². The van der Waals surface area contributed by atoms with E-state index < -0.39 is 0 Å². The van der Waals surface area contributed by atoms with Gasteiger partial charge in [-0.1, -0.05) is 13.8 Å². The third-order valence-corrected chi connectivity index (χ3v) is 3.57. The van der Waals surface area contributed by atoms with E-state index in [0.717, 1.165) is 6.42 Å². The number of nitrogens with zero attached hydrogens (tertiary/aromatic N) is 3. The van der Waals surface area contributed by atoms with E-state index in [1.54, 1.807) is 25.2 Å². The molecule has 2 heterocycles. The lowest BCUT2D eigenvalue weighted by molar-refractivity contribution is 0.0706. The molecule has 0 radical (unpaired) electrons. The van der Waals surface area contributed by atoms with Gasteiger partial charge in [-0.15, -0.1) is 0 Å². The van der Waals surface area contributed by atoms with Crippen molar-refractivity contribution in [3.05, 3.63) is 17.7 Å². The smallest absolute Gasteiger partial charge is 0.274 e. The molecular weight excluding hydrogens is 256 g/mol. The minimum absolute atomic E-state index is 0.0887. The second-order valence-corrected chi connectivity index (χ2v) is 5.33. The molecule has 1 atom stereocenters. The molecule has 0 saturated carbocycles. The number of rotatable bonds is 4. The average molecular weight is 278 g/mol. The molecule has 1 aromatic rings. The van der Waals surface area contributed by atoms with E-state index in [0.29, 0.717) is 30.4 Å². The molecular formula is C14H22N4O2. The molecule has 0 spiro atoms. The zero-order chi connectivity index (χ0) is 14.7. The molecule has 0 bridgehead atoms. The van der Waals surface area contributed by atoms with Gasteiger partial charge in [-0.05, 0) is 6.42 Å². The van der Waals surface area contributed by atoms with Crippen molar-refractivity contribution in [1.82, 2.24) is 14.9 Å². The average Bonchev–Trinajstić information content (AvgIpc) is 2.99. The van der Waals surface area contributed by atoms with Crippen molar-refractivity contribution in [2.45, 2.75) is 32.2 Å². The van der Waals surface area contributed by atoms with Crippen molar-refractivity contribution in [3.8, 4) is 0 Å². The minimum Gasteiger partial charge on any atom is -0.385 e. The molecule has 1 fully saturated rings. The summed E-state index contributed by atoms with van der Waals surface area (Å²) in [6.07, 6.45) is 2.55. The lowest BCUT2D eigenvalue weighted by atomic mass is 10.1. The van der Waals surface area contributed by atoms with Crippen molar-refractivity contribution >= 4 is 11.6 Å². The van der Waals surface area contributed by atoms with Crippen LogP contribution in [-0.4, -0.2) is 54.1 Å². The molecule has 110 valence electrons. The second kappa shape index (κ2) is 6.17. The first-order valence-electron chi connectivity index (χ1n) is 6.94. The summed E-state index contributed by atoms with van der Waals surface area (Å²) in [6.45, 7) is 5.33. The number of likely N-dealkylation sites (N-methyl/N-ethyl adjacent to an activating group) is 1. The van der Waals surface area contributed by atoms with E-state index in [4.69, 9.17) is 4.74 Å². The largest absolute Gasteiger partial charge is 0.385 e.